The average Bonchev–Trinajstić information content (AvgIpc) is 3.19. The normalized spacial score (nSPS) is 16.1. The van der Waals surface area contributed by atoms with E-state index in [1.807, 2.05) is 30.3 Å². The van der Waals surface area contributed by atoms with Crippen LogP contribution in [0.4, 0.5) is 5.69 Å². The van der Waals surface area contributed by atoms with Crippen molar-refractivity contribution < 1.29 is 9.66 Å². The number of hydrogen-bond acceptors (Lipinski definition) is 7. The second-order valence-electron chi connectivity index (χ2n) is 6.18. The molecule has 0 aliphatic carbocycles. The SMILES string of the molecule is O=[N+]([O-])c1ccc([C@@H](c2nnnn2-c2ccccc2)N2CCOCC2)cc1. The lowest BCUT2D eigenvalue weighted by molar-refractivity contribution is -0.384. The summed E-state index contributed by atoms with van der Waals surface area (Å²) in [4.78, 5) is 12.8. The van der Waals surface area contributed by atoms with Crippen LogP contribution >= 0.6 is 0 Å². The number of nitro benzene ring substituents is 1. The van der Waals surface area contributed by atoms with E-state index in [9.17, 15) is 10.1 Å². The van der Waals surface area contributed by atoms with Crippen LogP contribution in [0.25, 0.3) is 5.69 Å². The van der Waals surface area contributed by atoms with Crippen molar-refractivity contribution >= 4 is 5.69 Å². The lowest BCUT2D eigenvalue weighted by Crippen LogP contribution is -2.40. The van der Waals surface area contributed by atoms with Gasteiger partial charge in [-0.05, 0) is 28.1 Å². The Morgan fingerprint density at radius 1 is 1.04 bits per heavy atom. The molecule has 3 aromatic rings. The molecule has 0 spiro atoms. The molecule has 1 fully saturated rings. The quantitative estimate of drug-likeness (QED) is 0.503. The predicted molar refractivity (Wildman–Crippen MR) is 96.5 cm³/mol. The first kappa shape index (κ1) is 17.3. The molecule has 2 aromatic carbocycles. The molecular formula is C18H18N6O3. The summed E-state index contributed by atoms with van der Waals surface area (Å²) in [6.07, 6.45) is 0. The third-order valence-corrected chi connectivity index (χ3v) is 4.57. The summed E-state index contributed by atoms with van der Waals surface area (Å²) in [6.45, 7) is 2.69. The van der Waals surface area contributed by atoms with Crippen LogP contribution in [-0.2, 0) is 4.74 Å². The average molecular weight is 366 g/mol. The monoisotopic (exact) mass is 366 g/mol. The van der Waals surface area contributed by atoms with Crippen LogP contribution in [0.5, 0.6) is 0 Å². The number of para-hydroxylation sites is 1. The highest BCUT2D eigenvalue weighted by molar-refractivity contribution is 5.38. The van der Waals surface area contributed by atoms with Gasteiger partial charge in [-0.15, -0.1) is 5.10 Å². The van der Waals surface area contributed by atoms with E-state index in [-0.39, 0.29) is 11.7 Å². The molecule has 1 aliphatic heterocycles. The van der Waals surface area contributed by atoms with Crippen molar-refractivity contribution in [2.75, 3.05) is 26.3 Å². The van der Waals surface area contributed by atoms with E-state index < -0.39 is 4.92 Å². The molecule has 1 aromatic heterocycles. The second-order valence-corrected chi connectivity index (χ2v) is 6.18. The minimum Gasteiger partial charge on any atom is -0.379 e. The highest BCUT2D eigenvalue weighted by Gasteiger charge is 2.30. The van der Waals surface area contributed by atoms with Gasteiger partial charge in [-0.1, -0.05) is 30.3 Å². The molecule has 27 heavy (non-hydrogen) atoms. The molecule has 0 amide bonds. The number of nitro groups is 1. The molecule has 1 saturated heterocycles. The van der Waals surface area contributed by atoms with E-state index >= 15 is 0 Å². The van der Waals surface area contributed by atoms with Gasteiger partial charge in [0.05, 0.1) is 29.9 Å². The lowest BCUT2D eigenvalue weighted by atomic mass is 10.0. The van der Waals surface area contributed by atoms with Crippen molar-refractivity contribution in [1.29, 1.82) is 0 Å². The second kappa shape index (κ2) is 7.60. The molecule has 0 N–H and O–H groups in total. The van der Waals surface area contributed by atoms with Gasteiger partial charge in [0, 0.05) is 25.2 Å². The molecular weight excluding hydrogens is 348 g/mol. The van der Waals surface area contributed by atoms with E-state index in [0.29, 0.717) is 19.0 Å². The fourth-order valence-electron chi connectivity index (χ4n) is 3.25. The molecule has 9 heteroatoms. The Hall–Kier alpha value is -3.17. The number of rotatable bonds is 5. The zero-order valence-electron chi connectivity index (χ0n) is 14.5. The fraction of sp³-hybridized carbons (Fsp3) is 0.278. The summed E-state index contributed by atoms with van der Waals surface area (Å²) in [7, 11) is 0. The van der Waals surface area contributed by atoms with Crippen molar-refractivity contribution in [2.45, 2.75) is 6.04 Å². The summed E-state index contributed by atoms with van der Waals surface area (Å²) in [5.41, 5.74) is 1.81. The standard InChI is InChI=1S/C18H18N6O3/c25-24(26)16-8-6-14(7-9-16)17(22-10-12-27-13-11-22)18-19-20-21-23(18)15-4-2-1-3-5-15/h1-9,17H,10-13H2/t17-/m0/s1. The molecule has 0 radical (unpaired) electrons. The van der Waals surface area contributed by atoms with Crippen LogP contribution in [-0.4, -0.2) is 56.3 Å². The minimum atomic E-state index is -0.401. The number of tetrazole rings is 1. The maximum Gasteiger partial charge on any atom is 0.269 e. The number of benzene rings is 2. The van der Waals surface area contributed by atoms with Crippen LogP contribution in [0.3, 0.4) is 0 Å². The summed E-state index contributed by atoms with van der Waals surface area (Å²) in [5.74, 6) is 0.664. The third kappa shape index (κ3) is 3.55. The maximum atomic E-state index is 11.0. The molecule has 0 unspecified atom stereocenters. The van der Waals surface area contributed by atoms with Crippen LogP contribution in [0.15, 0.2) is 54.6 Å². The fourth-order valence-corrected chi connectivity index (χ4v) is 3.25. The smallest absolute Gasteiger partial charge is 0.269 e. The Kier molecular flexibility index (Phi) is 4.86. The van der Waals surface area contributed by atoms with E-state index in [0.717, 1.165) is 24.3 Å². The topological polar surface area (TPSA) is 99.2 Å². The van der Waals surface area contributed by atoms with Gasteiger partial charge in [0.1, 0.15) is 0 Å². The van der Waals surface area contributed by atoms with Crippen molar-refractivity contribution in [1.82, 2.24) is 25.1 Å². The summed E-state index contributed by atoms with van der Waals surface area (Å²) in [6, 6.07) is 16.0. The molecule has 138 valence electrons. The zero-order chi connectivity index (χ0) is 18.6. The Labute approximate surface area is 155 Å². The van der Waals surface area contributed by atoms with Crippen LogP contribution in [0, 0.1) is 10.1 Å². The van der Waals surface area contributed by atoms with Gasteiger partial charge < -0.3 is 4.74 Å². The van der Waals surface area contributed by atoms with Crippen LogP contribution in [0.2, 0.25) is 0 Å². The first-order valence-electron chi connectivity index (χ1n) is 8.64. The van der Waals surface area contributed by atoms with Gasteiger partial charge in [-0.2, -0.15) is 4.68 Å². The largest absolute Gasteiger partial charge is 0.379 e. The van der Waals surface area contributed by atoms with Crippen molar-refractivity contribution in [2.24, 2.45) is 0 Å². The number of morpholine rings is 1. The Morgan fingerprint density at radius 3 is 2.41 bits per heavy atom. The Balaban J connectivity index is 1.77. The lowest BCUT2D eigenvalue weighted by Gasteiger charge is -2.33. The first-order valence-corrected chi connectivity index (χ1v) is 8.64. The highest BCUT2D eigenvalue weighted by atomic mass is 16.6. The highest BCUT2D eigenvalue weighted by Crippen LogP contribution is 2.30. The van der Waals surface area contributed by atoms with E-state index in [1.54, 1.807) is 16.8 Å². The van der Waals surface area contributed by atoms with Gasteiger partial charge in [0.2, 0.25) is 0 Å². The first-order chi connectivity index (χ1) is 13.2. The number of non-ortho nitro benzene ring substituents is 1. The number of ether oxygens (including phenoxy) is 1. The number of nitrogens with zero attached hydrogens (tertiary/aromatic N) is 6. The molecule has 0 bridgehead atoms. The summed E-state index contributed by atoms with van der Waals surface area (Å²) < 4.78 is 7.19. The van der Waals surface area contributed by atoms with Crippen LogP contribution in [0.1, 0.15) is 17.4 Å². The maximum absolute atomic E-state index is 11.0. The molecule has 1 aliphatic rings. The van der Waals surface area contributed by atoms with E-state index in [4.69, 9.17) is 4.74 Å². The Morgan fingerprint density at radius 2 is 1.74 bits per heavy atom. The predicted octanol–water partition coefficient (Wildman–Crippen LogP) is 1.99. The zero-order valence-corrected chi connectivity index (χ0v) is 14.5. The summed E-state index contributed by atoms with van der Waals surface area (Å²) in [5, 5.41) is 23.3. The van der Waals surface area contributed by atoms with Gasteiger partial charge in [0.25, 0.3) is 5.69 Å². The van der Waals surface area contributed by atoms with E-state index in [2.05, 4.69) is 20.4 Å². The Bertz CT molecular complexity index is 906. The van der Waals surface area contributed by atoms with Gasteiger partial charge in [0.15, 0.2) is 5.82 Å². The van der Waals surface area contributed by atoms with Crippen molar-refractivity contribution in [3.63, 3.8) is 0 Å². The molecule has 0 saturated carbocycles. The number of hydrogen-bond donors (Lipinski definition) is 0. The van der Waals surface area contributed by atoms with Crippen molar-refractivity contribution in [3.05, 3.63) is 76.1 Å². The van der Waals surface area contributed by atoms with Gasteiger partial charge in [-0.25, -0.2) is 0 Å². The van der Waals surface area contributed by atoms with Gasteiger partial charge >= 0.3 is 0 Å². The van der Waals surface area contributed by atoms with Crippen LogP contribution < -0.4 is 0 Å². The summed E-state index contributed by atoms with van der Waals surface area (Å²) >= 11 is 0. The minimum absolute atomic E-state index is 0.0575. The molecule has 4 rings (SSSR count). The number of aromatic nitrogens is 4. The molecule has 9 nitrogen and oxygen atoms in total. The molecule has 1 atom stereocenters. The van der Waals surface area contributed by atoms with E-state index in [1.165, 1.54) is 12.1 Å². The van der Waals surface area contributed by atoms with Crippen molar-refractivity contribution in [3.8, 4) is 5.69 Å². The third-order valence-electron chi connectivity index (χ3n) is 4.57. The van der Waals surface area contributed by atoms with Gasteiger partial charge in [-0.3, -0.25) is 15.0 Å². The molecule has 2 heterocycles.